The minimum absolute atomic E-state index is 0.264. The van der Waals surface area contributed by atoms with Gasteiger partial charge in [0, 0.05) is 5.69 Å². The highest BCUT2D eigenvalue weighted by molar-refractivity contribution is 7.80. The van der Waals surface area contributed by atoms with E-state index in [2.05, 4.69) is 42.3 Å². The average molecular weight is 294 g/mol. The molecule has 1 aromatic rings. The fourth-order valence-electron chi connectivity index (χ4n) is 2.58. The van der Waals surface area contributed by atoms with Gasteiger partial charge in [0.1, 0.15) is 6.54 Å². The molecule has 0 saturated carbocycles. The molecule has 0 unspecified atom stereocenters. The van der Waals surface area contributed by atoms with Gasteiger partial charge in [-0.3, -0.25) is 0 Å². The Morgan fingerprint density at radius 3 is 2.65 bits per heavy atom. The maximum absolute atomic E-state index is 8.97. The number of thiocarbonyl (C=S) groups is 1. The van der Waals surface area contributed by atoms with Gasteiger partial charge in [0.15, 0.2) is 5.11 Å². The number of rotatable bonds is 3. The third-order valence-corrected chi connectivity index (χ3v) is 4.21. The first-order valence-corrected chi connectivity index (χ1v) is 7.58. The lowest BCUT2D eigenvalue weighted by Gasteiger charge is -2.33. The van der Waals surface area contributed by atoms with Crippen LogP contribution in [0.25, 0.3) is 0 Å². The number of hydrogen-bond donors (Lipinski definition) is 3. The lowest BCUT2D eigenvalue weighted by atomic mass is 10.1. The molecule has 2 rings (SSSR count). The van der Waals surface area contributed by atoms with E-state index in [0.717, 1.165) is 43.5 Å². The molecule has 1 aliphatic heterocycles. The Hall–Kier alpha value is -1.17. The molecule has 1 aliphatic rings. The number of aliphatic hydroxyl groups is 1. The summed E-state index contributed by atoms with van der Waals surface area (Å²) in [5.74, 6) is 0. The van der Waals surface area contributed by atoms with Crippen molar-refractivity contribution in [1.82, 2.24) is 4.90 Å². The summed E-state index contributed by atoms with van der Waals surface area (Å²) in [7, 11) is 0. The minimum atomic E-state index is 0.264. The van der Waals surface area contributed by atoms with Gasteiger partial charge >= 0.3 is 0 Å². The maximum Gasteiger partial charge on any atom is 0.173 e. The highest BCUT2D eigenvalue weighted by atomic mass is 32.1. The number of hydrogen-bond acceptors (Lipinski definition) is 2. The molecule has 0 spiro atoms. The van der Waals surface area contributed by atoms with Crippen molar-refractivity contribution in [3.8, 4) is 0 Å². The van der Waals surface area contributed by atoms with E-state index in [1.54, 1.807) is 0 Å². The van der Waals surface area contributed by atoms with Crippen LogP contribution in [0.1, 0.15) is 11.1 Å². The molecule has 1 fully saturated rings. The summed E-state index contributed by atoms with van der Waals surface area (Å²) >= 11 is 5.51. The molecule has 0 bridgehead atoms. The summed E-state index contributed by atoms with van der Waals surface area (Å²) in [4.78, 5) is 3.67. The molecule has 4 nitrogen and oxygen atoms in total. The van der Waals surface area contributed by atoms with Crippen LogP contribution in [0.4, 0.5) is 5.69 Å². The molecule has 1 heterocycles. The Labute approximate surface area is 126 Å². The third-order valence-electron chi connectivity index (χ3n) is 3.85. The van der Waals surface area contributed by atoms with Gasteiger partial charge in [-0.1, -0.05) is 17.7 Å². The zero-order chi connectivity index (χ0) is 14.5. The molecule has 0 atom stereocenters. The molecule has 1 saturated heterocycles. The van der Waals surface area contributed by atoms with Crippen LogP contribution in [0.2, 0.25) is 0 Å². The smallest absolute Gasteiger partial charge is 0.173 e. The van der Waals surface area contributed by atoms with Crippen LogP contribution < -0.4 is 10.2 Å². The van der Waals surface area contributed by atoms with Crippen LogP contribution in [0.3, 0.4) is 0 Å². The van der Waals surface area contributed by atoms with Crippen molar-refractivity contribution in [3.63, 3.8) is 0 Å². The fourth-order valence-corrected chi connectivity index (χ4v) is 2.87. The molecular formula is C15H24N3OS+. The van der Waals surface area contributed by atoms with Gasteiger partial charge < -0.3 is 20.2 Å². The number of aryl methyl sites for hydroxylation is 2. The van der Waals surface area contributed by atoms with Crippen molar-refractivity contribution in [1.29, 1.82) is 0 Å². The van der Waals surface area contributed by atoms with Crippen LogP contribution in [0.5, 0.6) is 0 Å². The Bertz CT molecular complexity index is 470. The first kappa shape index (κ1) is 15.2. The second-order valence-electron chi connectivity index (χ2n) is 5.46. The predicted molar refractivity (Wildman–Crippen MR) is 86.4 cm³/mol. The monoisotopic (exact) mass is 294 g/mol. The first-order valence-electron chi connectivity index (χ1n) is 7.18. The number of nitrogens with one attached hydrogen (secondary N) is 2. The molecule has 0 radical (unpaired) electrons. The molecule has 0 amide bonds. The molecule has 1 aromatic carbocycles. The number of anilines is 1. The van der Waals surface area contributed by atoms with E-state index < -0.39 is 0 Å². The highest BCUT2D eigenvalue weighted by Crippen LogP contribution is 2.16. The van der Waals surface area contributed by atoms with Crippen molar-refractivity contribution in [2.24, 2.45) is 0 Å². The van der Waals surface area contributed by atoms with Crippen LogP contribution in [-0.2, 0) is 0 Å². The van der Waals surface area contributed by atoms with Gasteiger partial charge in [0.05, 0.1) is 32.8 Å². The van der Waals surface area contributed by atoms with Gasteiger partial charge in [0.2, 0.25) is 0 Å². The largest absolute Gasteiger partial charge is 0.391 e. The summed E-state index contributed by atoms with van der Waals surface area (Å²) in [5.41, 5.74) is 3.57. The van der Waals surface area contributed by atoms with E-state index in [1.807, 2.05) is 0 Å². The normalized spacial score (nSPS) is 16.2. The Balaban J connectivity index is 1.89. The number of nitrogens with zero attached hydrogens (tertiary/aromatic N) is 1. The predicted octanol–water partition coefficient (Wildman–Crippen LogP) is 0.193. The van der Waals surface area contributed by atoms with E-state index >= 15 is 0 Å². The number of aliphatic hydroxyl groups excluding tert-OH is 1. The van der Waals surface area contributed by atoms with Gasteiger partial charge in [-0.2, -0.15) is 0 Å². The number of piperazine rings is 1. The van der Waals surface area contributed by atoms with E-state index in [0.29, 0.717) is 0 Å². The minimum Gasteiger partial charge on any atom is -0.391 e. The average Bonchev–Trinajstić information content (AvgIpc) is 2.43. The van der Waals surface area contributed by atoms with E-state index in [-0.39, 0.29) is 6.61 Å². The fraction of sp³-hybridized carbons (Fsp3) is 0.533. The zero-order valence-electron chi connectivity index (χ0n) is 12.3. The molecule has 110 valence electrons. The second kappa shape index (κ2) is 7.02. The quantitative estimate of drug-likeness (QED) is 0.696. The molecular weight excluding hydrogens is 270 g/mol. The summed E-state index contributed by atoms with van der Waals surface area (Å²) in [5, 5.41) is 13.1. The second-order valence-corrected chi connectivity index (χ2v) is 5.85. The third kappa shape index (κ3) is 3.91. The topological polar surface area (TPSA) is 39.9 Å². The molecule has 0 aliphatic carbocycles. The van der Waals surface area contributed by atoms with Crippen LogP contribution in [0.15, 0.2) is 18.2 Å². The summed E-state index contributed by atoms with van der Waals surface area (Å²) in [6, 6.07) is 6.35. The summed E-state index contributed by atoms with van der Waals surface area (Å²) < 4.78 is 0. The summed E-state index contributed by atoms with van der Waals surface area (Å²) in [6.45, 7) is 9.27. The molecule has 20 heavy (non-hydrogen) atoms. The molecule has 3 N–H and O–H groups in total. The molecule has 5 heteroatoms. The highest BCUT2D eigenvalue weighted by Gasteiger charge is 2.21. The Morgan fingerprint density at radius 2 is 2.05 bits per heavy atom. The van der Waals surface area contributed by atoms with Crippen molar-refractivity contribution in [3.05, 3.63) is 29.3 Å². The van der Waals surface area contributed by atoms with Crippen molar-refractivity contribution < 1.29 is 10.0 Å². The summed E-state index contributed by atoms with van der Waals surface area (Å²) in [6.07, 6.45) is 0. The lowest BCUT2D eigenvalue weighted by molar-refractivity contribution is -0.904. The van der Waals surface area contributed by atoms with Crippen molar-refractivity contribution in [2.75, 3.05) is 44.6 Å². The van der Waals surface area contributed by atoms with Crippen LogP contribution in [0, 0.1) is 13.8 Å². The number of quaternary nitrogens is 1. The van der Waals surface area contributed by atoms with Gasteiger partial charge in [-0.15, -0.1) is 0 Å². The SMILES string of the molecule is Cc1ccc(NC(=S)N2CC[NH+](CCO)CC2)c(C)c1. The van der Waals surface area contributed by atoms with E-state index in [1.165, 1.54) is 16.0 Å². The van der Waals surface area contributed by atoms with Gasteiger partial charge in [0.25, 0.3) is 0 Å². The first-order chi connectivity index (χ1) is 9.60. The van der Waals surface area contributed by atoms with Crippen LogP contribution >= 0.6 is 12.2 Å². The number of benzene rings is 1. The Kier molecular flexibility index (Phi) is 5.34. The van der Waals surface area contributed by atoms with Crippen molar-refractivity contribution >= 4 is 23.0 Å². The zero-order valence-corrected chi connectivity index (χ0v) is 13.1. The van der Waals surface area contributed by atoms with E-state index in [4.69, 9.17) is 17.3 Å². The van der Waals surface area contributed by atoms with Crippen LogP contribution in [-0.4, -0.2) is 54.4 Å². The maximum atomic E-state index is 8.97. The Morgan fingerprint density at radius 1 is 1.35 bits per heavy atom. The van der Waals surface area contributed by atoms with Crippen molar-refractivity contribution in [2.45, 2.75) is 13.8 Å². The standard InChI is InChI=1S/C15H23N3OS/c1-12-3-4-14(13(2)11-12)16-15(20)18-7-5-17(6-8-18)9-10-19/h3-4,11,19H,5-10H2,1-2H3,(H,16,20)/p+1. The molecule has 0 aromatic heterocycles. The van der Waals surface area contributed by atoms with Gasteiger partial charge in [-0.25, -0.2) is 0 Å². The van der Waals surface area contributed by atoms with E-state index in [9.17, 15) is 0 Å². The van der Waals surface area contributed by atoms with Gasteiger partial charge in [-0.05, 0) is 37.7 Å². The lowest BCUT2D eigenvalue weighted by Crippen LogP contribution is -3.15.